The van der Waals surface area contributed by atoms with Crippen LogP contribution in [0.2, 0.25) is 0 Å². The Morgan fingerprint density at radius 2 is 2.07 bits per heavy atom. The van der Waals surface area contributed by atoms with E-state index in [1.165, 1.54) is 0 Å². The number of hydrogen-bond donors (Lipinski definition) is 0. The molecule has 0 bridgehead atoms. The molecule has 3 rings (SSSR count). The molecule has 1 aliphatic rings. The summed E-state index contributed by atoms with van der Waals surface area (Å²) >= 11 is 3.56. The monoisotopic (exact) mass is 442 g/mol. The highest BCUT2D eigenvalue weighted by Gasteiger charge is 2.26. The lowest BCUT2D eigenvalue weighted by molar-refractivity contribution is 0.203. The number of aliphatic imine (C=N–C) groups is 1. The van der Waals surface area contributed by atoms with Crippen molar-refractivity contribution in [2.75, 3.05) is 20.7 Å². The zero-order chi connectivity index (χ0) is 20.3. The van der Waals surface area contributed by atoms with Gasteiger partial charge >= 0.3 is 0 Å². The van der Waals surface area contributed by atoms with Gasteiger partial charge in [-0.2, -0.15) is 5.26 Å². The fraction of sp³-hybridized carbons (Fsp3) is 0.381. The molecule has 0 radical (unpaired) electrons. The lowest BCUT2D eigenvalue weighted by Crippen LogP contribution is -2.17. The normalized spacial score (nSPS) is 15.4. The third kappa shape index (κ3) is 4.28. The average molecular weight is 443 g/mol. The van der Waals surface area contributed by atoms with Gasteiger partial charge in [0.25, 0.3) is 0 Å². The molecule has 0 saturated carbocycles. The van der Waals surface area contributed by atoms with Crippen LogP contribution in [0.15, 0.2) is 27.7 Å². The third-order valence-electron chi connectivity index (χ3n) is 4.82. The maximum Gasteiger partial charge on any atom is 0.228 e. The third-order valence-corrected chi connectivity index (χ3v) is 5.38. The maximum atomic E-state index is 9.28. The van der Waals surface area contributed by atoms with Crippen LogP contribution in [-0.4, -0.2) is 43.0 Å². The largest absolute Gasteiger partial charge is 0.495 e. The van der Waals surface area contributed by atoms with Crippen LogP contribution in [0.3, 0.4) is 0 Å². The van der Waals surface area contributed by atoms with Crippen molar-refractivity contribution < 1.29 is 9.47 Å². The maximum absolute atomic E-state index is 9.28. The van der Waals surface area contributed by atoms with Gasteiger partial charge in [0.2, 0.25) is 5.88 Å². The second-order valence-corrected chi connectivity index (χ2v) is 7.63. The van der Waals surface area contributed by atoms with Crippen LogP contribution < -0.4 is 9.47 Å². The molecule has 1 aromatic heterocycles. The summed E-state index contributed by atoms with van der Waals surface area (Å²) in [5.74, 6) is 1.17. The van der Waals surface area contributed by atoms with E-state index in [0.29, 0.717) is 17.2 Å². The van der Waals surface area contributed by atoms with E-state index in [4.69, 9.17) is 9.47 Å². The molecule has 0 fully saturated rings. The lowest BCUT2D eigenvalue weighted by Gasteiger charge is -2.15. The van der Waals surface area contributed by atoms with E-state index in [2.05, 4.69) is 38.9 Å². The number of hydrogen-bond acceptors (Lipinski definition) is 5. The first-order valence-electron chi connectivity index (χ1n) is 9.13. The Morgan fingerprint density at radius 1 is 1.36 bits per heavy atom. The number of benzene rings is 1. The highest BCUT2D eigenvalue weighted by Crippen LogP contribution is 2.34. The van der Waals surface area contributed by atoms with Gasteiger partial charge in [-0.15, -0.1) is 0 Å². The molecule has 1 aliphatic carbocycles. The van der Waals surface area contributed by atoms with Gasteiger partial charge in [-0.3, -0.25) is 0 Å². The van der Waals surface area contributed by atoms with E-state index in [1.807, 2.05) is 37.1 Å². The Labute approximate surface area is 173 Å². The van der Waals surface area contributed by atoms with Crippen LogP contribution in [0.25, 0.3) is 0 Å². The van der Waals surface area contributed by atoms with Gasteiger partial charge in [-0.25, -0.2) is 9.98 Å². The van der Waals surface area contributed by atoms with Crippen LogP contribution in [0.1, 0.15) is 29.3 Å². The Bertz CT molecular complexity index is 952. The molecule has 1 atom stereocenters. The van der Waals surface area contributed by atoms with Crippen LogP contribution in [0.5, 0.6) is 11.6 Å². The molecule has 28 heavy (non-hydrogen) atoms. The molecule has 0 saturated heterocycles. The zero-order valence-electron chi connectivity index (χ0n) is 16.5. The minimum absolute atomic E-state index is 0.0302. The molecular weight excluding hydrogens is 420 g/mol. The molecule has 0 N–H and O–H groups in total. The Hall–Kier alpha value is -2.59. The van der Waals surface area contributed by atoms with Crippen molar-refractivity contribution in [1.29, 1.82) is 5.26 Å². The molecule has 0 amide bonds. The lowest BCUT2D eigenvalue weighted by atomic mass is 10.1. The zero-order valence-corrected chi connectivity index (χ0v) is 18.1. The van der Waals surface area contributed by atoms with E-state index >= 15 is 0 Å². The first kappa shape index (κ1) is 20.2. The Kier molecular flexibility index (Phi) is 6.20. The predicted molar refractivity (Wildman–Crippen MR) is 113 cm³/mol. The van der Waals surface area contributed by atoms with E-state index < -0.39 is 0 Å². The average Bonchev–Trinajstić information content (AvgIpc) is 3.08. The van der Waals surface area contributed by atoms with Gasteiger partial charge < -0.3 is 14.4 Å². The van der Waals surface area contributed by atoms with Crippen molar-refractivity contribution in [3.05, 3.63) is 45.1 Å². The van der Waals surface area contributed by atoms with Crippen LogP contribution in [-0.2, 0) is 12.8 Å². The summed E-state index contributed by atoms with van der Waals surface area (Å²) < 4.78 is 12.3. The summed E-state index contributed by atoms with van der Waals surface area (Å²) in [5, 5.41) is 9.28. The SMILES string of the molecule is CCN(C)C=Nc1cc(Br)c(OC2Cc3cc(C#N)c(OC)cc3C2)nc1C. The van der Waals surface area contributed by atoms with Crippen LogP contribution in [0.4, 0.5) is 5.69 Å². The smallest absolute Gasteiger partial charge is 0.228 e. The predicted octanol–water partition coefficient (Wildman–Crippen LogP) is 4.19. The number of fused-ring (bicyclic) bond motifs is 1. The minimum Gasteiger partial charge on any atom is -0.495 e. The van der Waals surface area contributed by atoms with E-state index in [9.17, 15) is 5.26 Å². The van der Waals surface area contributed by atoms with Gasteiger partial charge in [0.1, 0.15) is 17.9 Å². The molecule has 1 unspecified atom stereocenters. The highest BCUT2D eigenvalue weighted by atomic mass is 79.9. The molecule has 6 nitrogen and oxygen atoms in total. The summed E-state index contributed by atoms with van der Waals surface area (Å²) in [6.07, 6.45) is 3.26. The molecule has 2 aromatic rings. The molecule has 146 valence electrons. The highest BCUT2D eigenvalue weighted by molar-refractivity contribution is 9.10. The summed E-state index contributed by atoms with van der Waals surface area (Å²) in [6.45, 7) is 4.88. The summed E-state index contributed by atoms with van der Waals surface area (Å²) in [6, 6.07) is 7.95. The molecule has 0 spiro atoms. The molecule has 7 heteroatoms. The quantitative estimate of drug-likeness (QED) is 0.495. The number of pyridine rings is 1. The number of rotatable bonds is 6. The second-order valence-electron chi connectivity index (χ2n) is 6.78. The molecule has 1 aromatic carbocycles. The van der Waals surface area contributed by atoms with Gasteiger partial charge in [-0.1, -0.05) is 0 Å². The number of halogens is 1. The van der Waals surface area contributed by atoms with Gasteiger partial charge in [-0.05, 0) is 59.1 Å². The minimum atomic E-state index is -0.0302. The number of nitrogens with zero attached hydrogens (tertiary/aromatic N) is 4. The molecule has 0 aliphatic heterocycles. The van der Waals surface area contributed by atoms with Gasteiger partial charge in [0.05, 0.1) is 34.9 Å². The molecule has 1 heterocycles. The van der Waals surface area contributed by atoms with E-state index in [-0.39, 0.29) is 6.10 Å². The topological polar surface area (TPSA) is 70.7 Å². The Morgan fingerprint density at radius 3 is 2.71 bits per heavy atom. The van der Waals surface area contributed by atoms with E-state index in [1.54, 1.807) is 13.4 Å². The van der Waals surface area contributed by atoms with E-state index in [0.717, 1.165) is 46.4 Å². The number of nitriles is 1. The van der Waals surface area contributed by atoms with Crippen molar-refractivity contribution in [3.8, 4) is 17.7 Å². The van der Waals surface area contributed by atoms with Crippen molar-refractivity contribution in [3.63, 3.8) is 0 Å². The Balaban J connectivity index is 1.77. The first-order valence-corrected chi connectivity index (χ1v) is 9.92. The second kappa shape index (κ2) is 8.61. The first-order chi connectivity index (χ1) is 13.4. The van der Waals surface area contributed by atoms with Crippen LogP contribution in [0, 0.1) is 18.3 Å². The van der Waals surface area contributed by atoms with Crippen molar-refractivity contribution >= 4 is 28.0 Å². The van der Waals surface area contributed by atoms with Gasteiger partial charge in [0.15, 0.2) is 0 Å². The number of methoxy groups -OCH3 is 1. The number of aryl methyl sites for hydroxylation is 1. The summed E-state index contributed by atoms with van der Waals surface area (Å²) in [7, 11) is 3.56. The molecular formula is C21H23BrN4O2. The fourth-order valence-corrected chi connectivity index (χ4v) is 3.51. The van der Waals surface area contributed by atoms with Crippen molar-refractivity contribution in [2.24, 2.45) is 4.99 Å². The van der Waals surface area contributed by atoms with Crippen LogP contribution >= 0.6 is 15.9 Å². The van der Waals surface area contributed by atoms with Crippen molar-refractivity contribution in [2.45, 2.75) is 32.8 Å². The fourth-order valence-electron chi connectivity index (χ4n) is 3.11. The number of ether oxygens (including phenoxy) is 2. The van der Waals surface area contributed by atoms with Gasteiger partial charge in [0, 0.05) is 26.4 Å². The standard InChI is InChI=1S/C21H23BrN4O2/c1-5-26(3)12-24-19-10-18(22)21(25-13(19)2)28-17-7-14-6-16(11-23)20(27-4)9-15(14)8-17/h6,9-10,12,17H,5,7-8H2,1-4H3. The summed E-state index contributed by atoms with van der Waals surface area (Å²) in [5.41, 5.74) is 4.44. The summed E-state index contributed by atoms with van der Waals surface area (Å²) in [4.78, 5) is 11.1. The number of aromatic nitrogens is 1. The van der Waals surface area contributed by atoms with Crippen molar-refractivity contribution in [1.82, 2.24) is 9.88 Å².